The average Bonchev–Trinajstić information content (AvgIpc) is 3.03. The Morgan fingerprint density at radius 1 is 1.29 bits per heavy atom. The van der Waals surface area contributed by atoms with Crippen LogP contribution in [0, 0.1) is 5.41 Å². The van der Waals surface area contributed by atoms with Crippen LogP contribution in [-0.4, -0.2) is 42.3 Å². The molecule has 1 heterocycles. The molecule has 2 aliphatic rings. The van der Waals surface area contributed by atoms with Gasteiger partial charge < -0.3 is 15.7 Å². The molecule has 1 saturated heterocycles. The van der Waals surface area contributed by atoms with Crippen molar-refractivity contribution in [3.8, 4) is 0 Å². The van der Waals surface area contributed by atoms with Gasteiger partial charge in [-0.25, -0.2) is 0 Å². The lowest BCUT2D eigenvalue weighted by atomic mass is 9.76. The Kier molecular flexibility index (Phi) is 3.10. The Morgan fingerprint density at radius 3 is 2.36 bits per heavy atom. The first-order chi connectivity index (χ1) is 6.79. The van der Waals surface area contributed by atoms with Gasteiger partial charge in [0.2, 0.25) is 0 Å². The summed E-state index contributed by atoms with van der Waals surface area (Å²) in [5, 5.41) is 9.03. The van der Waals surface area contributed by atoms with Crippen LogP contribution in [0.15, 0.2) is 0 Å². The lowest BCUT2D eigenvalue weighted by Crippen LogP contribution is -2.45. The van der Waals surface area contributed by atoms with Crippen molar-refractivity contribution in [1.29, 1.82) is 0 Å². The average molecular weight is 198 g/mol. The summed E-state index contributed by atoms with van der Waals surface area (Å²) in [5.41, 5.74) is 6.08. The van der Waals surface area contributed by atoms with Crippen molar-refractivity contribution >= 4 is 0 Å². The van der Waals surface area contributed by atoms with Crippen molar-refractivity contribution in [1.82, 2.24) is 4.90 Å². The molecule has 3 N–H and O–H groups in total. The Bertz CT molecular complexity index is 184. The van der Waals surface area contributed by atoms with Gasteiger partial charge in [0.15, 0.2) is 0 Å². The fourth-order valence-corrected chi connectivity index (χ4v) is 2.60. The molecule has 1 aliphatic heterocycles. The molecular weight excluding hydrogens is 176 g/mol. The molecule has 0 spiro atoms. The number of nitrogens with zero attached hydrogens (tertiary/aromatic N) is 1. The van der Waals surface area contributed by atoms with E-state index in [4.69, 9.17) is 10.8 Å². The number of nitrogens with two attached hydrogens (primary N) is 1. The third-order valence-electron chi connectivity index (χ3n) is 4.00. The number of aliphatic hydroxyl groups is 1. The van der Waals surface area contributed by atoms with Crippen molar-refractivity contribution in [3.63, 3.8) is 0 Å². The Labute approximate surface area is 86.3 Å². The highest BCUT2D eigenvalue weighted by Crippen LogP contribution is 2.37. The van der Waals surface area contributed by atoms with Crippen molar-refractivity contribution in [2.24, 2.45) is 11.1 Å². The van der Waals surface area contributed by atoms with Gasteiger partial charge in [-0.2, -0.15) is 0 Å². The predicted octanol–water partition coefficient (Wildman–Crippen LogP) is 0.572. The highest BCUT2D eigenvalue weighted by atomic mass is 16.3. The van der Waals surface area contributed by atoms with Crippen molar-refractivity contribution in [2.75, 3.05) is 26.2 Å². The van der Waals surface area contributed by atoms with Gasteiger partial charge in [-0.05, 0) is 57.2 Å². The van der Waals surface area contributed by atoms with Crippen LogP contribution in [0.2, 0.25) is 0 Å². The molecule has 1 saturated carbocycles. The number of hydrogen-bond donors (Lipinski definition) is 2. The second kappa shape index (κ2) is 4.17. The fourth-order valence-electron chi connectivity index (χ4n) is 2.60. The lowest BCUT2D eigenvalue weighted by Gasteiger charge is -2.41. The molecule has 0 aromatic heterocycles. The van der Waals surface area contributed by atoms with Crippen LogP contribution in [0.25, 0.3) is 0 Å². The van der Waals surface area contributed by atoms with Crippen LogP contribution in [0.5, 0.6) is 0 Å². The highest BCUT2D eigenvalue weighted by Gasteiger charge is 2.37. The van der Waals surface area contributed by atoms with Crippen molar-refractivity contribution in [3.05, 3.63) is 0 Å². The minimum atomic E-state index is 0.250. The van der Waals surface area contributed by atoms with E-state index in [9.17, 15) is 0 Å². The summed E-state index contributed by atoms with van der Waals surface area (Å²) in [5.74, 6) is 0. The molecule has 3 heteroatoms. The van der Waals surface area contributed by atoms with Crippen LogP contribution in [0.1, 0.15) is 32.1 Å². The fraction of sp³-hybridized carbons (Fsp3) is 1.00. The summed E-state index contributed by atoms with van der Waals surface area (Å²) < 4.78 is 0. The zero-order valence-corrected chi connectivity index (χ0v) is 8.91. The maximum atomic E-state index is 9.03. The predicted molar refractivity (Wildman–Crippen MR) is 57.0 cm³/mol. The highest BCUT2D eigenvalue weighted by molar-refractivity contribution is 4.92. The normalized spacial score (nSPS) is 27.9. The van der Waals surface area contributed by atoms with E-state index < -0.39 is 0 Å². The molecule has 0 bridgehead atoms. The molecule has 2 fully saturated rings. The van der Waals surface area contributed by atoms with Gasteiger partial charge in [-0.1, -0.05) is 0 Å². The van der Waals surface area contributed by atoms with Gasteiger partial charge in [-0.15, -0.1) is 0 Å². The SMILES string of the molecule is NCC1(CCO)CCN(C2CC2)CC1. The molecule has 2 rings (SSSR count). The quantitative estimate of drug-likeness (QED) is 0.694. The van der Waals surface area contributed by atoms with E-state index in [0.29, 0.717) is 6.61 Å². The van der Waals surface area contributed by atoms with Gasteiger partial charge in [0, 0.05) is 12.6 Å². The summed E-state index contributed by atoms with van der Waals surface area (Å²) in [6.45, 7) is 3.43. The van der Waals surface area contributed by atoms with E-state index in [0.717, 1.165) is 19.0 Å². The van der Waals surface area contributed by atoms with E-state index in [1.165, 1.54) is 38.8 Å². The Hall–Kier alpha value is -0.120. The van der Waals surface area contributed by atoms with Gasteiger partial charge in [0.05, 0.1) is 0 Å². The third kappa shape index (κ3) is 2.10. The van der Waals surface area contributed by atoms with Crippen LogP contribution >= 0.6 is 0 Å². The summed E-state index contributed by atoms with van der Waals surface area (Å²) in [6, 6.07) is 0.889. The van der Waals surface area contributed by atoms with Gasteiger partial charge in [0.1, 0.15) is 0 Å². The van der Waals surface area contributed by atoms with Gasteiger partial charge >= 0.3 is 0 Å². The van der Waals surface area contributed by atoms with Crippen LogP contribution in [0.4, 0.5) is 0 Å². The number of likely N-dealkylation sites (tertiary alicyclic amines) is 1. The smallest absolute Gasteiger partial charge is 0.0436 e. The zero-order chi connectivity index (χ0) is 10.0. The Balaban J connectivity index is 1.84. The van der Waals surface area contributed by atoms with Crippen LogP contribution in [-0.2, 0) is 0 Å². The molecular formula is C11H22N2O. The molecule has 0 aromatic rings. The maximum Gasteiger partial charge on any atom is 0.0436 e. The van der Waals surface area contributed by atoms with Crippen LogP contribution < -0.4 is 5.73 Å². The molecule has 14 heavy (non-hydrogen) atoms. The van der Waals surface area contributed by atoms with E-state index in [-0.39, 0.29) is 5.41 Å². The number of hydrogen-bond acceptors (Lipinski definition) is 3. The summed E-state index contributed by atoms with van der Waals surface area (Å²) >= 11 is 0. The molecule has 3 nitrogen and oxygen atoms in total. The van der Waals surface area contributed by atoms with E-state index in [2.05, 4.69) is 4.90 Å². The van der Waals surface area contributed by atoms with Gasteiger partial charge in [0.25, 0.3) is 0 Å². The minimum Gasteiger partial charge on any atom is -0.396 e. The van der Waals surface area contributed by atoms with Crippen molar-refractivity contribution < 1.29 is 5.11 Å². The summed E-state index contributed by atoms with van der Waals surface area (Å²) in [7, 11) is 0. The van der Waals surface area contributed by atoms with E-state index >= 15 is 0 Å². The summed E-state index contributed by atoms with van der Waals surface area (Å²) in [4.78, 5) is 2.60. The number of piperidine rings is 1. The second-order valence-electron chi connectivity index (χ2n) is 4.94. The zero-order valence-electron chi connectivity index (χ0n) is 8.91. The molecule has 0 aromatic carbocycles. The minimum absolute atomic E-state index is 0.250. The largest absolute Gasteiger partial charge is 0.396 e. The summed E-state index contributed by atoms with van der Waals surface area (Å²) in [6.07, 6.45) is 6.05. The monoisotopic (exact) mass is 198 g/mol. The number of rotatable bonds is 4. The van der Waals surface area contributed by atoms with E-state index in [1.807, 2.05) is 0 Å². The second-order valence-corrected chi connectivity index (χ2v) is 4.94. The van der Waals surface area contributed by atoms with E-state index in [1.54, 1.807) is 0 Å². The van der Waals surface area contributed by atoms with Crippen molar-refractivity contribution in [2.45, 2.75) is 38.1 Å². The lowest BCUT2D eigenvalue weighted by molar-refractivity contribution is 0.0783. The number of aliphatic hydroxyl groups excluding tert-OH is 1. The molecule has 0 unspecified atom stereocenters. The first-order valence-corrected chi connectivity index (χ1v) is 5.85. The molecule has 0 radical (unpaired) electrons. The molecule has 0 atom stereocenters. The standard InChI is InChI=1S/C11H22N2O/c12-9-11(5-8-14)3-6-13(7-4-11)10-1-2-10/h10,14H,1-9,12H2. The Morgan fingerprint density at radius 2 is 1.93 bits per heavy atom. The molecule has 1 aliphatic carbocycles. The topological polar surface area (TPSA) is 49.5 Å². The first kappa shape index (κ1) is 10.4. The molecule has 82 valence electrons. The molecule has 0 amide bonds. The third-order valence-corrected chi connectivity index (χ3v) is 4.00. The van der Waals surface area contributed by atoms with Crippen LogP contribution in [0.3, 0.4) is 0 Å². The maximum absolute atomic E-state index is 9.03. The van der Waals surface area contributed by atoms with Gasteiger partial charge in [-0.3, -0.25) is 0 Å². The first-order valence-electron chi connectivity index (χ1n) is 5.85.